The topological polar surface area (TPSA) is 57.2 Å². The molecular formula is C20H23NO5. The number of likely N-dealkylation sites (tertiary alicyclic amines) is 1. The van der Waals surface area contributed by atoms with Crippen LogP contribution in [0.3, 0.4) is 0 Å². The van der Waals surface area contributed by atoms with Crippen molar-refractivity contribution in [3.05, 3.63) is 48.0 Å². The zero-order valence-corrected chi connectivity index (χ0v) is 15.2. The lowest BCUT2D eigenvalue weighted by Gasteiger charge is -2.20. The molecular weight excluding hydrogens is 334 g/mol. The molecule has 3 rings (SSSR count). The minimum atomic E-state index is -0.109. The van der Waals surface area contributed by atoms with Crippen LogP contribution in [0.5, 0.6) is 23.0 Å². The molecule has 1 heterocycles. The van der Waals surface area contributed by atoms with Crippen molar-refractivity contribution in [2.24, 2.45) is 0 Å². The minimum absolute atomic E-state index is 0.0208. The van der Waals surface area contributed by atoms with Gasteiger partial charge in [-0.1, -0.05) is 18.2 Å². The molecule has 6 nitrogen and oxygen atoms in total. The third-order valence-electron chi connectivity index (χ3n) is 4.41. The quantitative estimate of drug-likeness (QED) is 0.795. The third kappa shape index (κ3) is 3.69. The van der Waals surface area contributed by atoms with Gasteiger partial charge in [0.1, 0.15) is 17.6 Å². The summed E-state index contributed by atoms with van der Waals surface area (Å²) in [5, 5.41) is 0. The lowest BCUT2D eigenvalue weighted by molar-refractivity contribution is 0.0768. The Morgan fingerprint density at radius 3 is 2.27 bits per heavy atom. The second kappa shape index (κ2) is 7.99. The molecule has 138 valence electrons. The number of methoxy groups -OCH3 is 3. The Morgan fingerprint density at radius 1 is 0.962 bits per heavy atom. The van der Waals surface area contributed by atoms with Crippen molar-refractivity contribution in [1.29, 1.82) is 0 Å². The third-order valence-corrected chi connectivity index (χ3v) is 4.41. The average molecular weight is 357 g/mol. The Kier molecular flexibility index (Phi) is 5.51. The largest absolute Gasteiger partial charge is 0.496 e. The first-order chi connectivity index (χ1) is 12.7. The van der Waals surface area contributed by atoms with Crippen molar-refractivity contribution in [2.75, 3.05) is 34.4 Å². The number of hydrogen-bond acceptors (Lipinski definition) is 5. The summed E-state index contributed by atoms with van der Waals surface area (Å²) in [6.45, 7) is 1.17. The minimum Gasteiger partial charge on any atom is -0.496 e. The van der Waals surface area contributed by atoms with E-state index in [-0.39, 0.29) is 12.0 Å². The smallest absolute Gasteiger partial charge is 0.257 e. The maximum Gasteiger partial charge on any atom is 0.257 e. The maximum absolute atomic E-state index is 13.0. The molecule has 0 bridgehead atoms. The van der Waals surface area contributed by atoms with Gasteiger partial charge in [-0.15, -0.1) is 0 Å². The van der Waals surface area contributed by atoms with Crippen molar-refractivity contribution in [3.8, 4) is 23.0 Å². The van der Waals surface area contributed by atoms with Crippen LogP contribution >= 0.6 is 0 Å². The first-order valence-electron chi connectivity index (χ1n) is 8.47. The Morgan fingerprint density at radius 2 is 1.62 bits per heavy atom. The van der Waals surface area contributed by atoms with Crippen LogP contribution in [0.4, 0.5) is 0 Å². The number of carbonyl (C=O) groups is 1. The summed E-state index contributed by atoms with van der Waals surface area (Å²) in [4.78, 5) is 14.8. The van der Waals surface area contributed by atoms with Crippen LogP contribution in [0.2, 0.25) is 0 Å². The summed E-state index contributed by atoms with van der Waals surface area (Å²) in [6.07, 6.45) is 0.767. The van der Waals surface area contributed by atoms with Gasteiger partial charge in [-0.05, 0) is 12.1 Å². The highest BCUT2D eigenvalue weighted by Gasteiger charge is 2.30. The van der Waals surface area contributed by atoms with E-state index in [4.69, 9.17) is 18.9 Å². The highest BCUT2D eigenvalue weighted by molar-refractivity contribution is 5.98. The molecule has 0 N–H and O–H groups in total. The first-order valence-corrected chi connectivity index (χ1v) is 8.47. The van der Waals surface area contributed by atoms with E-state index in [9.17, 15) is 4.79 Å². The summed E-state index contributed by atoms with van der Waals surface area (Å²) >= 11 is 0. The van der Waals surface area contributed by atoms with E-state index in [1.54, 1.807) is 24.1 Å². The van der Waals surface area contributed by atoms with E-state index in [1.807, 2.05) is 30.3 Å². The van der Waals surface area contributed by atoms with Gasteiger partial charge in [-0.25, -0.2) is 0 Å². The van der Waals surface area contributed by atoms with Crippen LogP contribution in [0.25, 0.3) is 0 Å². The Bertz CT molecular complexity index is 762. The molecule has 2 aromatic rings. The number of ether oxygens (including phenoxy) is 4. The van der Waals surface area contributed by atoms with Crippen molar-refractivity contribution >= 4 is 5.91 Å². The standard InChI is InChI=1S/C20H23NO5/c1-23-17-12-19(25-3)18(24-2)11-16(17)20(22)21-10-9-15(13-21)26-14-7-5-4-6-8-14/h4-8,11-12,15H,9-10,13H2,1-3H3. The molecule has 0 radical (unpaired) electrons. The molecule has 6 heteroatoms. The molecule has 1 atom stereocenters. The number of hydrogen-bond donors (Lipinski definition) is 0. The zero-order valence-electron chi connectivity index (χ0n) is 15.2. The average Bonchev–Trinajstić information content (AvgIpc) is 3.15. The number of nitrogens with zero attached hydrogens (tertiary/aromatic N) is 1. The Labute approximate surface area is 153 Å². The number of para-hydroxylation sites is 1. The van der Waals surface area contributed by atoms with Gasteiger partial charge in [-0.3, -0.25) is 4.79 Å². The normalized spacial score (nSPS) is 16.3. The SMILES string of the molecule is COc1cc(OC)c(C(=O)N2CCC(Oc3ccccc3)C2)cc1OC. The lowest BCUT2D eigenvalue weighted by atomic mass is 10.1. The highest BCUT2D eigenvalue weighted by atomic mass is 16.5. The van der Waals surface area contributed by atoms with Crippen molar-refractivity contribution in [3.63, 3.8) is 0 Å². The van der Waals surface area contributed by atoms with Crippen LogP contribution < -0.4 is 18.9 Å². The van der Waals surface area contributed by atoms with Crippen molar-refractivity contribution in [2.45, 2.75) is 12.5 Å². The summed E-state index contributed by atoms with van der Waals surface area (Å²) in [5.41, 5.74) is 0.450. The van der Waals surface area contributed by atoms with E-state index in [2.05, 4.69) is 0 Å². The van der Waals surface area contributed by atoms with Crippen LogP contribution in [-0.2, 0) is 0 Å². The first kappa shape index (κ1) is 17.9. The van der Waals surface area contributed by atoms with Gasteiger partial charge in [-0.2, -0.15) is 0 Å². The number of rotatable bonds is 6. The predicted octanol–water partition coefficient (Wildman–Crippen LogP) is 3.01. The van der Waals surface area contributed by atoms with Crippen molar-refractivity contribution in [1.82, 2.24) is 4.90 Å². The van der Waals surface area contributed by atoms with Crippen LogP contribution in [0, 0.1) is 0 Å². The zero-order chi connectivity index (χ0) is 18.5. The molecule has 1 aliphatic rings. The molecule has 0 aliphatic carbocycles. The van der Waals surface area contributed by atoms with E-state index in [0.29, 0.717) is 35.9 Å². The van der Waals surface area contributed by atoms with E-state index >= 15 is 0 Å². The summed E-state index contributed by atoms with van der Waals surface area (Å²) in [6, 6.07) is 13.0. The van der Waals surface area contributed by atoms with Crippen LogP contribution in [0.15, 0.2) is 42.5 Å². The number of benzene rings is 2. The summed E-state index contributed by atoms with van der Waals surface area (Å²) in [5.74, 6) is 2.18. The Balaban J connectivity index is 1.75. The summed E-state index contributed by atoms with van der Waals surface area (Å²) in [7, 11) is 4.62. The maximum atomic E-state index is 13.0. The van der Waals surface area contributed by atoms with Gasteiger partial charge in [0.15, 0.2) is 11.5 Å². The van der Waals surface area contributed by atoms with Gasteiger partial charge in [0.05, 0.1) is 33.4 Å². The van der Waals surface area contributed by atoms with E-state index < -0.39 is 0 Å². The molecule has 0 spiro atoms. The molecule has 1 saturated heterocycles. The second-order valence-corrected chi connectivity index (χ2v) is 6.00. The molecule has 0 aromatic heterocycles. The fraction of sp³-hybridized carbons (Fsp3) is 0.350. The number of amides is 1. The number of carbonyl (C=O) groups excluding carboxylic acids is 1. The van der Waals surface area contributed by atoms with Gasteiger partial charge < -0.3 is 23.8 Å². The van der Waals surface area contributed by atoms with Crippen molar-refractivity contribution < 1.29 is 23.7 Å². The second-order valence-electron chi connectivity index (χ2n) is 6.00. The molecule has 1 unspecified atom stereocenters. The molecule has 26 heavy (non-hydrogen) atoms. The summed E-state index contributed by atoms with van der Waals surface area (Å²) < 4.78 is 21.9. The van der Waals surface area contributed by atoms with Gasteiger partial charge in [0.2, 0.25) is 0 Å². The van der Waals surface area contributed by atoms with Crippen LogP contribution in [-0.4, -0.2) is 51.3 Å². The Hall–Kier alpha value is -2.89. The monoisotopic (exact) mass is 357 g/mol. The molecule has 1 fully saturated rings. The molecule has 0 saturated carbocycles. The molecule has 1 aliphatic heterocycles. The fourth-order valence-electron chi connectivity index (χ4n) is 3.07. The fourth-order valence-corrected chi connectivity index (χ4v) is 3.07. The van der Waals surface area contributed by atoms with Gasteiger partial charge in [0.25, 0.3) is 5.91 Å². The lowest BCUT2D eigenvalue weighted by Crippen LogP contribution is -2.31. The van der Waals surface area contributed by atoms with E-state index in [1.165, 1.54) is 14.2 Å². The van der Waals surface area contributed by atoms with Crippen LogP contribution in [0.1, 0.15) is 16.8 Å². The molecule has 1 amide bonds. The predicted molar refractivity (Wildman–Crippen MR) is 97.5 cm³/mol. The molecule has 2 aromatic carbocycles. The van der Waals surface area contributed by atoms with E-state index in [0.717, 1.165) is 12.2 Å². The highest BCUT2D eigenvalue weighted by Crippen LogP contribution is 2.35. The van der Waals surface area contributed by atoms with Gasteiger partial charge >= 0.3 is 0 Å². The van der Waals surface area contributed by atoms with Gasteiger partial charge in [0, 0.05) is 25.1 Å².